The first-order valence-electron chi connectivity index (χ1n) is 10.7. The maximum Gasteiger partial charge on any atom is 0.286 e. The second-order valence-corrected chi connectivity index (χ2v) is 9.93. The predicted molar refractivity (Wildman–Crippen MR) is 125 cm³/mol. The fraction of sp³-hybridized carbons (Fsp3) is 0.348. The molecule has 0 fully saturated rings. The van der Waals surface area contributed by atoms with Crippen molar-refractivity contribution in [1.82, 2.24) is 9.55 Å². The number of aromatic hydroxyl groups is 1. The maximum absolute atomic E-state index is 13.4. The number of anilines is 1. The summed E-state index contributed by atoms with van der Waals surface area (Å²) < 4.78 is 31.3. The Bertz CT molecular complexity index is 1390. The molecule has 0 aliphatic carbocycles. The van der Waals surface area contributed by atoms with Crippen molar-refractivity contribution in [3.8, 4) is 5.75 Å². The van der Waals surface area contributed by atoms with Gasteiger partial charge in [0.25, 0.3) is 15.6 Å². The van der Waals surface area contributed by atoms with Crippen LogP contribution in [0.3, 0.4) is 0 Å². The number of hydrogen-bond acceptors (Lipinski definition) is 6. The molecule has 0 saturated heterocycles. The number of fused-ring (bicyclic) bond motifs is 2. The van der Waals surface area contributed by atoms with Crippen molar-refractivity contribution in [1.29, 1.82) is 0 Å². The van der Waals surface area contributed by atoms with Gasteiger partial charge in [0.15, 0.2) is 5.84 Å². The lowest BCUT2D eigenvalue weighted by atomic mass is 10.1. The third-order valence-electron chi connectivity index (χ3n) is 5.49. The average molecular weight is 455 g/mol. The van der Waals surface area contributed by atoms with Crippen LogP contribution in [0.5, 0.6) is 5.75 Å². The van der Waals surface area contributed by atoms with Crippen LogP contribution in [0.2, 0.25) is 0 Å². The predicted octanol–water partition coefficient (Wildman–Crippen LogP) is 3.66. The highest BCUT2D eigenvalue weighted by molar-refractivity contribution is 7.90. The van der Waals surface area contributed by atoms with Gasteiger partial charge >= 0.3 is 0 Å². The molecule has 0 amide bonds. The minimum absolute atomic E-state index is 0.0641. The van der Waals surface area contributed by atoms with Gasteiger partial charge < -0.3 is 10.4 Å². The van der Waals surface area contributed by atoms with Crippen molar-refractivity contribution in [2.45, 2.75) is 51.5 Å². The molecule has 2 aromatic heterocycles. The first kappa shape index (κ1) is 22.0. The number of sulfonamides is 1. The summed E-state index contributed by atoms with van der Waals surface area (Å²) in [6.45, 7) is 6.49. The Hall–Kier alpha value is -3.20. The number of pyridine rings is 2. The van der Waals surface area contributed by atoms with Crippen LogP contribution >= 0.6 is 0 Å². The standard InChI is InChI=1S/C23H26N4O4S/c1-4-6-15-8-9-17-18(13-15)32(30,31)26-21(25-17)19-20(28)16-7-5-11-24-22(16)27(23(19)29)12-10-14(2)3/h5,7-9,11,13-14,28H,4,6,10,12H2,1-3H3,(H,25,26). The molecule has 3 aromatic rings. The van der Waals surface area contributed by atoms with Crippen molar-refractivity contribution in [3.05, 3.63) is 58.0 Å². The summed E-state index contributed by atoms with van der Waals surface area (Å²) in [7, 11) is -4.05. The topological polar surface area (TPSA) is 114 Å². The number of aromatic nitrogens is 2. The Kier molecular flexibility index (Phi) is 5.77. The van der Waals surface area contributed by atoms with Crippen molar-refractivity contribution in [3.63, 3.8) is 0 Å². The highest BCUT2D eigenvalue weighted by Gasteiger charge is 2.30. The number of nitrogens with zero attached hydrogens (tertiary/aromatic N) is 3. The summed E-state index contributed by atoms with van der Waals surface area (Å²) in [4.78, 5) is 17.8. The molecule has 1 aromatic carbocycles. The molecule has 8 nitrogen and oxygen atoms in total. The van der Waals surface area contributed by atoms with Gasteiger partial charge in [0.1, 0.15) is 21.9 Å². The van der Waals surface area contributed by atoms with Gasteiger partial charge in [-0.05, 0) is 48.6 Å². The molecule has 0 bridgehead atoms. The van der Waals surface area contributed by atoms with Crippen LogP contribution in [0.4, 0.5) is 5.69 Å². The monoisotopic (exact) mass is 454 g/mol. The van der Waals surface area contributed by atoms with E-state index >= 15 is 0 Å². The molecule has 0 atom stereocenters. The summed E-state index contributed by atoms with van der Waals surface area (Å²) in [6, 6.07) is 8.42. The first-order chi connectivity index (χ1) is 15.2. The van der Waals surface area contributed by atoms with Crippen LogP contribution in [-0.4, -0.2) is 28.9 Å². The van der Waals surface area contributed by atoms with E-state index in [9.17, 15) is 18.3 Å². The van der Waals surface area contributed by atoms with Gasteiger partial charge in [0.2, 0.25) is 0 Å². The molecule has 1 aliphatic rings. The number of rotatable bonds is 6. The molecule has 9 heteroatoms. The van der Waals surface area contributed by atoms with Gasteiger partial charge in [-0.2, -0.15) is 8.42 Å². The van der Waals surface area contributed by atoms with E-state index in [0.717, 1.165) is 24.8 Å². The lowest BCUT2D eigenvalue weighted by Gasteiger charge is -2.21. The average Bonchev–Trinajstić information content (AvgIpc) is 2.74. The summed E-state index contributed by atoms with van der Waals surface area (Å²) in [5.41, 5.74) is 0.853. The Labute approximate surface area is 186 Å². The maximum atomic E-state index is 13.4. The molecule has 1 aliphatic heterocycles. The number of aryl methyl sites for hydroxylation is 2. The molecular formula is C23H26N4O4S. The molecule has 168 valence electrons. The molecule has 32 heavy (non-hydrogen) atoms. The fourth-order valence-corrected chi connectivity index (χ4v) is 5.00. The van der Waals surface area contributed by atoms with Gasteiger partial charge in [-0.15, -0.1) is 4.40 Å². The highest BCUT2D eigenvalue weighted by atomic mass is 32.2. The zero-order valence-electron chi connectivity index (χ0n) is 18.3. The smallest absolute Gasteiger partial charge is 0.286 e. The van der Waals surface area contributed by atoms with Crippen molar-refractivity contribution < 1.29 is 13.5 Å². The Morgan fingerprint density at radius 3 is 2.72 bits per heavy atom. The minimum Gasteiger partial charge on any atom is -0.506 e. The number of amidine groups is 1. The largest absolute Gasteiger partial charge is 0.506 e. The molecule has 4 rings (SSSR count). The molecular weight excluding hydrogens is 428 g/mol. The number of hydrogen-bond donors (Lipinski definition) is 2. The van der Waals surface area contributed by atoms with Gasteiger partial charge in [-0.1, -0.05) is 33.3 Å². The minimum atomic E-state index is -4.05. The summed E-state index contributed by atoms with van der Waals surface area (Å²) >= 11 is 0. The summed E-state index contributed by atoms with van der Waals surface area (Å²) in [5.74, 6) is -0.189. The number of nitrogens with one attached hydrogen (secondary N) is 1. The Morgan fingerprint density at radius 2 is 2.00 bits per heavy atom. The highest BCUT2D eigenvalue weighted by Crippen LogP contribution is 2.32. The van der Waals surface area contributed by atoms with E-state index in [2.05, 4.69) is 14.7 Å². The van der Waals surface area contributed by atoms with Crippen LogP contribution < -0.4 is 10.9 Å². The van der Waals surface area contributed by atoms with Crippen LogP contribution in [-0.2, 0) is 23.0 Å². The quantitative estimate of drug-likeness (QED) is 0.588. The summed E-state index contributed by atoms with van der Waals surface area (Å²) in [6.07, 6.45) is 3.91. The lowest BCUT2D eigenvalue weighted by molar-refractivity contribution is 0.473. The molecule has 0 radical (unpaired) electrons. The molecule has 2 N–H and O–H groups in total. The van der Waals surface area contributed by atoms with Crippen molar-refractivity contribution >= 4 is 32.6 Å². The van der Waals surface area contributed by atoms with Crippen molar-refractivity contribution in [2.75, 3.05) is 5.32 Å². The SMILES string of the molecule is CCCc1ccc2c(c1)S(=O)(=O)N=C(c1c(O)c3cccnc3n(CCC(C)C)c1=O)N2. The van der Waals surface area contributed by atoms with Crippen LogP contribution in [0, 0.1) is 5.92 Å². The van der Waals surface area contributed by atoms with Crippen LogP contribution in [0.15, 0.2) is 50.6 Å². The van der Waals surface area contributed by atoms with E-state index < -0.39 is 15.6 Å². The van der Waals surface area contributed by atoms with E-state index in [1.54, 1.807) is 30.5 Å². The third-order valence-corrected chi connectivity index (χ3v) is 6.80. The Morgan fingerprint density at radius 1 is 1.22 bits per heavy atom. The van der Waals surface area contributed by atoms with Crippen LogP contribution in [0.25, 0.3) is 11.0 Å². The van der Waals surface area contributed by atoms with E-state index in [4.69, 9.17) is 0 Å². The van der Waals surface area contributed by atoms with Crippen molar-refractivity contribution in [2.24, 2.45) is 10.3 Å². The van der Waals surface area contributed by atoms with Crippen LogP contribution in [0.1, 0.15) is 44.7 Å². The molecule has 3 heterocycles. The zero-order chi connectivity index (χ0) is 23.0. The number of benzene rings is 1. The zero-order valence-corrected chi connectivity index (χ0v) is 19.1. The van der Waals surface area contributed by atoms with Gasteiger partial charge in [-0.3, -0.25) is 9.36 Å². The van der Waals surface area contributed by atoms with Gasteiger partial charge in [0, 0.05) is 12.7 Å². The summed E-state index contributed by atoms with van der Waals surface area (Å²) in [5, 5.41) is 14.3. The molecule has 0 spiro atoms. The fourth-order valence-electron chi connectivity index (χ4n) is 3.83. The normalized spacial score (nSPS) is 14.8. The first-order valence-corrected chi connectivity index (χ1v) is 12.1. The van der Waals surface area contributed by atoms with E-state index in [-0.39, 0.29) is 22.0 Å². The lowest BCUT2D eigenvalue weighted by Crippen LogP contribution is -2.33. The van der Waals surface area contributed by atoms with Gasteiger partial charge in [-0.25, -0.2) is 4.98 Å². The van der Waals surface area contributed by atoms with E-state index in [0.29, 0.717) is 29.2 Å². The Balaban J connectivity index is 1.91. The van der Waals surface area contributed by atoms with E-state index in [1.807, 2.05) is 26.8 Å². The second-order valence-electron chi connectivity index (χ2n) is 8.36. The molecule has 0 unspecified atom stereocenters. The molecule has 0 saturated carbocycles. The van der Waals surface area contributed by atoms with E-state index in [1.165, 1.54) is 4.57 Å². The second kappa shape index (κ2) is 8.38. The third kappa shape index (κ3) is 3.88. The van der Waals surface area contributed by atoms with Gasteiger partial charge in [0.05, 0.1) is 11.1 Å².